The Morgan fingerprint density at radius 1 is 0.263 bits per heavy atom. The van der Waals surface area contributed by atoms with Gasteiger partial charge in [-0.15, -0.1) is 0 Å². The topological polar surface area (TPSA) is 64.6 Å². The van der Waals surface area contributed by atoms with Crippen molar-refractivity contribution in [2.75, 3.05) is 39.6 Å². The third-order valence-electron chi connectivity index (χ3n) is 12.5. The summed E-state index contributed by atoms with van der Waals surface area (Å²) in [5.74, 6) is 2.37. The summed E-state index contributed by atoms with van der Waals surface area (Å²) in [6.45, 7) is 30.6. The van der Waals surface area contributed by atoms with E-state index in [2.05, 4.69) is 83.1 Å². The lowest BCUT2D eigenvalue weighted by Crippen LogP contribution is -2.63. The fourth-order valence-corrected chi connectivity index (χ4v) is 13.1. The van der Waals surface area contributed by atoms with E-state index in [1.165, 1.54) is 77.0 Å². The Balaban J connectivity index is 7.60. The van der Waals surface area contributed by atoms with Crippen LogP contribution in [0.5, 0.6) is 0 Å². The fourth-order valence-electron chi connectivity index (χ4n) is 7.29. The van der Waals surface area contributed by atoms with Gasteiger partial charge in [-0.05, 0) is 74.0 Å². The Hall–Kier alpha value is 0.154. The van der Waals surface area contributed by atoms with Gasteiger partial charge < -0.3 is 30.7 Å². The predicted molar refractivity (Wildman–Crippen MR) is 248 cm³/mol. The van der Waals surface area contributed by atoms with Crippen LogP contribution in [-0.4, -0.2) is 57.7 Å². The van der Waals surface area contributed by atoms with E-state index in [4.69, 9.17) is 30.7 Å². The molecule has 344 valence electrons. The molecule has 0 radical (unpaired) electrons. The zero-order chi connectivity index (χ0) is 42.6. The second-order valence-corrected chi connectivity index (χ2v) is 22.0. The maximum Gasteiger partial charge on any atom is 0.673 e. The molecule has 9 heteroatoms. The van der Waals surface area contributed by atoms with Gasteiger partial charge in [-0.25, -0.2) is 0 Å². The van der Waals surface area contributed by atoms with E-state index in [-0.39, 0.29) is 0 Å². The van der Waals surface area contributed by atoms with Crippen LogP contribution in [0.3, 0.4) is 0 Å². The van der Waals surface area contributed by atoms with E-state index in [1.54, 1.807) is 0 Å². The molecule has 0 saturated heterocycles. The Morgan fingerprint density at radius 3 is 0.544 bits per heavy atom. The van der Waals surface area contributed by atoms with Crippen molar-refractivity contribution >= 4 is 18.1 Å². The number of hydrogen-bond acceptors (Lipinski definition) is 7. The van der Waals surface area contributed by atoms with Gasteiger partial charge in [-0.3, -0.25) is 0 Å². The Labute approximate surface area is 359 Å². The highest BCUT2D eigenvalue weighted by molar-refractivity contribution is 6.68. The minimum Gasteiger partial charge on any atom is -0.351 e. The lowest BCUT2D eigenvalue weighted by Gasteiger charge is -2.39. The molecule has 0 aliphatic heterocycles. The van der Waals surface area contributed by atoms with Crippen molar-refractivity contribution in [3.05, 3.63) is 0 Å². The van der Waals surface area contributed by atoms with E-state index in [9.17, 15) is 0 Å². The lowest BCUT2D eigenvalue weighted by atomic mass is 10.0. The van der Waals surface area contributed by atoms with Crippen LogP contribution >= 0.6 is 0 Å². The zero-order valence-corrected chi connectivity index (χ0v) is 42.5. The first kappa shape index (κ1) is 57.2. The molecule has 7 nitrogen and oxygen atoms in total. The minimum atomic E-state index is -3.92. The van der Waals surface area contributed by atoms with Crippen molar-refractivity contribution in [3.8, 4) is 0 Å². The fraction of sp³-hybridized carbons (Fsp3) is 1.00. The smallest absolute Gasteiger partial charge is 0.351 e. The van der Waals surface area contributed by atoms with Gasteiger partial charge >= 0.3 is 18.1 Å². The van der Waals surface area contributed by atoms with E-state index in [0.29, 0.717) is 75.1 Å². The molecule has 0 bridgehead atoms. The highest BCUT2D eigenvalue weighted by Crippen LogP contribution is 2.31. The summed E-state index contributed by atoms with van der Waals surface area (Å²) in [6, 6.07) is 0. The zero-order valence-electron chi connectivity index (χ0n) is 40.5. The predicted octanol–water partition coefficient (Wildman–Crippen LogP) is 15.3. The average Bonchev–Trinajstić information content (AvgIpc) is 3.24. The third-order valence-corrected chi connectivity index (χ3v) is 17.6. The highest BCUT2D eigenvalue weighted by Gasteiger charge is 2.61. The van der Waals surface area contributed by atoms with Gasteiger partial charge in [0, 0.05) is 39.6 Å². The van der Waals surface area contributed by atoms with Gasteiger partial charge in [-0.1, -0.05) is 199 Å². The van der Waals surface area contributed by atoms with Crippen molar-refractivity contribution in [1.82, 2.24) is 0 Å². The quantitative estimate of drug-likeness (QED) is 0.0566. The summed E-state index contributed by atoms with van der Waals surface area (Å²) >= 11 is 0. The summed E-state index contributed by atoms with van der Waals surface area (Å²) < 4.78 is 50.7. The van der Waals surface area contributed by atoms with E-state index < -0.39 is 18.1 Å². The molecule has 0 aromatic rings. The highest BCUT2D eigenvalue weighted by atomic mass is 28.5. The molecule has 6 atom stereocenters. The molecule has 0 heterocycles. The van der Waals surface area contributed by atoms with Crippen LogP contribution < -0.4 is 0 Å². The summed E-state index contributed by atoms with van der Waals surface area (Å²) in [7, 11) is -7.84. The normalized spacial score (nSPS) is 17.5. The average molecular weight is 848 g/mol. The molecule has 57 heavy (non-hydrogen) atoms. The van der Waals surface area contributed by atoms with Gasteiger partial charge in [0.05, 0.1) is 0 Å². The lowest BCUT2D eigenvalue weighted by molar-refractivity contribution is -0.0878. The van der Waals surface area contributed by atoms with Gasteiger partial charge in [0.2, 0.25) is 0 Å². The first-order valence-electron chi connectivity index (χ1n) is 25.2. The maximum atomic E-state index is 7.57. The number of rotatable bonds is 44. The van der Waals surface area contributed by atoms with Crippen LogP contribution in [0.15, 0.2) is 0 Å². The standard InChI is InChI=1S/C48H102O7Si2/c1-13-25-31-43(19-7)37-49-56(50-38-44(20-8)32-26-14-2,51-39-45(21-9)33-27-15-3)55-57(52-40-46(22-10)34-28-16-4,53-41-47(23-11)35-29-17-5)54-42-48(24-12)36-30-18-6/h43-48H,13-42H2,1-12H3. The van der Waals surface area contributed by atoms with Crippen molar-refractivity contribution < 1.29 is 30.7 Å². The molecule has 0 spiro atoms. The van der Waals surface area contributed by atoms with E-state index >= 15 is 0 Å². The summed E-state index contributed by atoms with van der Waals surface area (Å²) in [6.07, 6.45) is 27.1. The molecule has 6 unspecified atom stereocenters. The van der Waals surface area contributed by atoms with Gasteiger partial charge in [-0.2, -0.15) is 0 Å². The molecule has 0 fully saturated rings. The Morgan fingerprint density at radius 2 is 0.421 bits per heavy atom. The van der Waals surface area contributed by atoms with Crippen LogP contribution in [0.25, 0.3) is 0 Å². The molecule has 0 saturated carbocycles. The van der Waals surface area contributed by atoms with Crippen LogP contribution in [0.2, 0.25) is 0 Å². The van der Waals surface area contributed by atoms with Gasteiger partial charge in [0.1, 0.15) is 0 Å². The van der Waals surface area contributed by atoms with Crippen LogP contribution in [-0.2, 0) is 30.7 Å². The van der Waals surface area contributed by atoms with Crippen molar-refractivity contribution in [3.63, 3.8) is 0 Å². The molecular formula is C48H102O7Si2. The summed E-state index contributed by atoms with van der Waals surface area (Å²) in [5.41, 5.74) is 0. The number of unbranched alkanes of at least 4 members (excludes halogenated alkanes) is 6. The maximum absolute atomic E-state index is 7.57. The van der Waals surface area contributed by atoms with Crippen molar-refractivity contribution in [1.29, 1.82) is 0 Å². The van der Waals surface area contributed by atoms with E-state index in [0.717, 1.165) is 77.0 Å². The van der Waals surface area contributed by atoms with Crippen LogP contribution in [0.1, 0.15) is 237 Å². The molecule has 0 aliphatic carbocycles. The monoisotopic (exact) mass is 847 g/mol. The SMILES string of the molecule is CCCCC(CC)CO[Si](OCC(CC)CCCC)(OCC(CC)CCCC)O[Si](OCC(CC)CCCC)(OCC(CC)CCCC)OCC(CC)CCCC. The van der Waals surface area contributed by atoms with Crippen LogP contribution in [0.4, 0.5) is 0 Å². The van der Waals surface area contributed by atoms with Crippen LogP contribution in [0, 0.1) is 35.5 Å². The molecule has 0 aromatic carbocycles. The molecule has 0 amide bonds. The van der Waals surface area contributed by atoms with Gasteiger partial charge in [0.25, 0.3) is 0 Å². The first-order valence-corrected chi connectivity index (χ1v) is 28.5. The number of hydrogen-bond donors (Lipinski definition) is 0. The minimum absolute atomic E-state index is 0.395. The second kappa shape index (κ2) is 37.9. The Kier molecular flexibility index (Phi) is 38.0. The largest absolute Gasteiger partial charge is 0.673 e. The summed E-state index contributed by atoms with van der Waals surface area (Å²) in [5, 5.41) is 0. The second-order valence-electron chi connectivity index (χ2n) is 17.5. The Bertz CT molecular complexity index is 685. The van der Waals surface area contributed by atoms with E-state index in [1.807, 2.05) is 0 Å². The van der Waals surface area contributed by atoms with Crippen molar-refractivity contribution in [2.24, 2.45) is 35.5 Å². The summed E-state index contributed by atoms with van der Waals surface area (Å²) in [4.78, 5) is 0. The molecule has 0 N–H and O–H groups in total. The molecule has 0 rings (SSSR count). The molecular weight excluding hydrogens is 745 g/mol. The molecule has 0 aliphatic rings. The first-order chi connectivity index (χ1) is 27.7. The molecule has 0 aromatic heterocycles. The van der Waals surface area contributed by atoms with Gasteiger partial charge in [0.15, 0.2) is 0 Å². The van der Waals surface area contributed by atoms with Crippen molar-refractivity contribution in [2.45, 2.75) is 237 Å². The third kappa shape index (κ3) is 27.0.